The number of benzene rings is 3. The molecule has 1 aromatic heterocycles. The molecule has 2 aliphatic rings. The van der Waals surface area contributed by atoms with E-state index in [0.717, 1.165) is 48.3 Å². The predicted molar refractivity (Wildman–Crippen MR) is 173 cm³/mol. The second kappa shape index (κ2) is 13.4. The molecule has 4 aromatic rings. The maximum Gasteiger partial charge on any atom is 0.253 e. The zero-order valence-corrected chi connectivity index (χ0v) is 25.8. The Hall–Kier alpha value is -3.53. The number of para-hydroxylation sites is 1. The minimum atomic E-state index is -0.233. The van der Waals surface area contributed by atoms with Crippen LogP contribution in [0.3, 0.4) is 0 Å². The maximum absolute atomic E-state index is 14.2. The van der Waals surface area contributed by atoms with Crippen LogP contribution in [0.2, 0.25) is 10.2 Å². The van der Waals surface area contributed by atoms with Gasteiger partial charge in [0.05, 0.1) is 5.69 Å². The topological polar surface area (TPSA) is 55.8 Å². The van der Waals surface area contributed by atoms with E-state index >= 15 is 0 Å². The van der Waals surface area contributed by atoms with E-state index in [0.29, 0.717) is 53.5 Å². The van der Waals surface area contributed by atoms with E-state index in [4.69, 9.17) is 28.2 Å². The molecule has 2 saturated heterocycles. The van der Waals surface area contributed by atoms with Gasteiger partial charge in [-0.25, -0.2) is 14.4 Å². The summed E-state index contributed by atoms with van der Waals surface area (Å²) >= 11 is 14.1. The highest BCUT2D eigenvalue weighted by Crippen LogP contribution is 2.27. The van der Waals surface area contributed by atoms with E-state index < -0.39 is 0 Å². The van der Waals surface area contributed by atoms with Crippen molar-refractivity contribution in [3.8, 4) is 0 Å². The molecule has 222 valence electrons. The van der Waals surface area contributed by atoms with Crippen LogP contribution >= 0.6 is 35.0 Å². The molecule has 3 aromatic carbocycles. The number of halogens is 3. The summed E-state index contributed by atoms with van der Waals surface area (Å²) in [5.41, 5.74) is 3.42. The van der Waals surface area contributed by atoms with Crippen molar-refractivity contribution >= 4 is 58.1 Å². The Morgan fingerprint density at radius 2 is 1.47 bits per heavy atom. The van der Waals surface area contributed by atoms with E-state index in [9.17, 15) is 9.18 Å². The fourth-order valence-electron chi connectivity index (χ4n) is 5.41. The van der Waals surface area contributed by atoms with Gasteiger partial charge in [-0.05, 0) is 48.0 Å². The van der Waals surface area contributed by atoms with Crippen LogP contribution in [0.25, 0.3) is 0 Å². The lowest BCUT2D eigenvalue weighted by atomic mass is 10.1. The third kappa shape index (κ3) is 7.17. The zero-order chi connectivity index (χ0) is 29.8. The summed E-state index contributed by atoms with van der Waals surface area (Å²) in [4.78, 5) is 30.7. The molecule has 0 atom stereocenters. The highest BCUT2D eigenvalue weighted by atomic mass is 35.5. The van der Waals surface area contributed by atoms with E-state index in [1.54, 1.807) is 12.1 Å². The number of carbonyl (C=O) groups is 1. The molecule has 1 amide bonds. The first-order chi connectivity index (χ1) is 20.9. The molecule has 0 bridgehead atoms. The number of carbonyl (C=O) groups excluding carboxylic acids is 1. The van der Waals surface area contributed by atoms with Gasteiger partial charge in [-0.3, -0.25) is 4.79 Å². The first-order valence-electron chi connectivity index (χ1n) is 14.2. The third-order valence-corrected chi connectivity index (χ3v) is 9.11. The van der Waals surface area contributed by atoms with Crippen molar-refractivity contribution in [1.82, 2.24) is 14.9 Å². The molecule has 0 unspecified atom stereocenters. The van der Waals surface area contributed by atoms with Gasteiger partial charge in [-0.1, -0.05) is 65.3 Å². The molecule has 0 radical (unpaired) electrons. The second-order valence-corrected chi connectivity index (χ2v) is 12.3. The van der Waals surface area contributed by atoms with Crippen molar-refractivity contribution in [1.29, 1.82) is 0 Å². The molecule has 7 nitrogen and oxygen atoms in total. The van der Waals surface area contributed by atoms with Crippen LogP contribution in [0.15, 0.2) is 84.0 Å². The fraction of sp³-hybridized carbons (Fsp3) is 0.281. The van der Waals surface area contributed by atoms with Gasteiger partial charge in [-0.2, -0.15) is 0 Å². The van der Waals surface area contributed by atoms with Crippen LogP contribution in [0.1, 0.15) is 15.9 Å². The lowest BCUT2D eigenvalue weighted by Crippen LogP contribution is -2.49. The molecule has 43 heavy (non-hydrogen) atoms. The van der Waals surface area contributed by atoms with E-state index in [-0.39, 0.29) is 11.7 Å². The monoisotopic (exact) mass is 636 g/mol. The van der Waals surface area contributed by atoms with Gasteiger partial charge in [0, 0.05) is 80.5 Å². The largest absolute Gasteiger partial charge is 0.368 e. The van der Waals surface area contributed by atoms with Crippen LogP contribution in [-0.2, 0) is 5.75 Å². The second-order valence-electron chi connectivity index (χ2n) is 10.5. The Bertz CT molecular complexity index is 1580. The van der Waals surface area contributed by atoms with Crippen molar-refractivity contribution in [2.75, 3.05) is 67.1 Å². The molecule has 0 saturated carbocycles. The Balaban J connectivity index is 1.01. The van der Waals surface area contributed by atoms with Gasteiger partial charge < -0.3 is 19.6 Å². The smallest absolute Gasteiger partial charge is 0.253 e. The van der Waals surface area contributed by atoms with Crippen LogP contribution in [0, 0.1) is 5.82 Å². The summed E-state index contributed by atoms with van der Waals surface area (Å²) in [6.07, 6.45) is 0. The molecule has 0 aliphatic carbocycles. The number of rotatable bonds is 7. The van der Waals surface area contributed by atoms with Crippen molar-refractivity contribution < 1.29 is 9.18 Å². The molecule has 2 aliphatic heterocycles. The summed E-state index contributed by atoms with van der Waals surface area (Å²) in [5.74, 6) is 1.23. The number of amides is 1. The highest BCUT2D eigenvalue weighted by molar-refractivity contribution is 7.98. The number of hydrogen-bond donors (Lipinski definition) is 0. The van der Waals surface area contributed by atoms with Gasteiger partial charge in [-0.15, -0.1) is 0 Å². The van der Waals surface area contributed by atoms with Gasteiger partial charge in [0.25, 0.3) is 5.91 Å². The molecule has 3 heterocycles. The van der Waals surface area contributed by atoms with Gasteiger partial charge in [0.2, 0.25) is 0 Å². The minimum Gasteiger partial charge on any atom is -0.368 e. The lowest BCUT2D eigenvalue weighted by molar-refractivity contribution is 0.0746. The van der Waals surface area contributed by atoms with Crippen molar-refractivity contribution in [2.24, 2.45) is 0 Å². The van der Waals surface area contributed by atoms with Crippen molar-refractivity contribution in [3.63, 3.8) is 0 Å². The van der Waals surface area contributed by atoms with E-state index in [1.807, 2.05) is 64.4 Å². The summed E-state index contributed by atoms with van der Waals surface area (Å²) in [7, 11) is 0. The number of aromatic nitrogens is 2. The van der Waals surface area contributed by atoms with Crippen LogP contribution < -0.4 is 14.7 Å². The number of anilines is 3. The highest BCUT2D eigenvalue weighted by Gasteiger charge is 2.24. The van der Waals surface area contributed by atoms with E-state index in [2.05, 4.69) is 20.9 Å². The van der Waals surface area contributed by atoms with Gasteiger partial charge in [0.15, 0.2) is 5.16 Å². The molecule has 6 rings (SSSR count). The van der Waals surface area contributed by atoms with Crippen LogP contribution in [0.4, 0.5) is 21.6 Å². The summed E-state index contributed by atoms with van der Waals surface area (Å²) in [6, 6.07) is 24.2. The number of thioether (sulfide) groups is 1. The summed E-state index contributed by atoms with van der Waals surface area (Å²) in [6.45, 7) is 5.65. The molecular weight excluding hydrogens is 606 g/mol. The molecule has 2 fully saturated rings. The number of piperazine rings is 2. The summed E-state index contributed by atoms with van der Waals surface area (Å²) in [5, 5.41) is 1.77. The molecule has 0 spiro atoms. The third-order valence-electron chi connectivity index (χ3n) is 7.77. The number of hydrogen-bond acceptors (Lipinski definition) is 7. The molecule has 11 heteroatoms. The average Bonchev–Trinajstić information content (AvgIpc) is 3.04. The SMILES string of the molecule is O=C(c1ccc(CSc2nc(Cl)cc(N3CCN(c4cccc(Cl)c4)CC3)n2)cc1)N1CCN(c2ccccc2F)CC1. The minimum absolute atomic E-state index is 0.00865. The maximum atomic E-state index is 14.2. The van der Waals surface area contributed by atoms with Crippen molar-refractivity contribution in [2.45, 2.75) is 10.9 Å². The quantitative estimate of drug-likeness (QED) is 0.130. The van der Waals surface area contributed by atoms with Gasteiger partial charge >= 0.3 is 0 Å². The Morgan fingerprint density at radius 1 is 0.767 bits per heavy atom. The van der Waals surface area contributed by atoms with Crippen LogP contribution in [-0.4, -0.2) is 73.1 Å². The first-order valence-corrected chi connectivity index (χ1v) is 16.0. The Morgan fingerprint density at radius 3 is 2.19 bits per heavy atom. The standard InChI is InChI=1S/C32H31Cl2FN6OS/c33-25-4-3-5-26(20-25)38-12-16-40(17-13-38)30-21-29(34)36-32(37-30)43-22-23-8-10-24(11-9-23)31(42)41-18-14-39(15-19-41)28-7-2-1-6-27(28)35/h1-11,20-21H,12-19,22H2. The molecule has 0 N–H and O–H groups in total. The fourth-order valence-corrected chi connectivity index (χ4v) is 6.63. The zero-order valence-electron chi connectivity index (χ0n) is 23.5. The predicted octanol–water partition coefficient (Wildman–Crippen LogP) is 6.50. The Kier molecular flexibility index (Phi) is 9.21. The average molecular weight is 638 g/mol. The Labute approximate surface area is 265 Å². The van der Waals surface area contributed by atoms with E-state index in [1.165, 1.54) is 17.8 Å². The number of nitrogens with zero attached hydrogens (tertiary/aromatic N) is 6. The molecular formula is C32H31Cl2FN6OS. The lowest BCUT2D eigenvalue weighted by Gasteiger charge is -2.36. The normalized spacial score (nSPS) is 15.6. The van der Waals surface area contributed by atoms with Crippen LogP contribution in [0.5, 0.6) is 0 Å². The van der Waals surface area contributed by atoms with Gasteiger partial charge in [0.1, 0.15) is 16.8 Å². The van der Waals surface area contributed by atoms with Crippen molar-refractivity contribution in [3.05, 3.63) is 106 Å². The summed E-state index contributed by atoms with van der Waals surface area (Å²) < 4.78 is 14.2. The first kappa shape index (κ1) is 29.5.